The first-order valence-corrected chi connectivity index (χ1v) is 12.6. The average molecular weight is 463 g/mol. The molecule has 0 N–H and O–H groups in total. The first-order valence-electron chi connectivity index (χ1n) is 11.7. The summed E-state index contributed by atoms with van der Waals surface area (Å²) in [6.07, 6.45) is 5.24. The third-order valence-electron chi connectivity index (χ3n) is 6.23. The van der Waals surface area contributed by atoms with Crippen molar-refractivity contribution in [2.45, 2.75) is 51.3 Å². The van der Waals surface area contributed by atoms with Crippen molar-refractivity contribution in [1.82, 2.24) is 5.01 Å². The molecule has 6 heteroatoms. The van der Waals surface area contributed by atoms with E-state index in [1.165, 1.54) is 29.7 Å². The maximum atomic E-state index is 6.49. The monoisotopic (exact) mass is 462 g/mol. The van der Waals surface area contributed by atoms with Crippen LogP contribution in [0.4, 0.5) is 0 Å². The standard InChI is InChI=1S/C27H30N2O3S/c1-3-4-5-8-15-31-24-14-13-19(17-25(24)30-2)27-29-22(20-10-6-7-11-23(20)32-27)18-21(28-29)26-12-9-16-33-26/h6-7,9-14,16-17,22,27H,3-5,8,15,18H2,1-2H3/t22-,27+/m0/s1. The molecule has 33 heavy (non-hydrogen) atoms. The van der Waals surface area contributed by atoms with Crippen molar-refractivity contribution < 1.29 is 14.2 Å². The molecule has 0 amide bonds. The molecule has 2 aliphatic heterocycles. The first-order chi connectivity index (χ1) is 16.3. The van der Waals surface area contributed by atoms with Crippen molar-refractivity contribution in [3.63, 3.8) is 0 Å². The van der Waals surface area contributed by atoms with Gasteiger partial charge in [-0.1, -0.05) is 50.5 Å². The summed E-state index contributed by atoms with van der Waals surface area (Å²) in [7, 11) is 1.69. The molecule has 2 atom stereocenters. The second-order valence-electron chi connectivity index (χ2n) is 8.45. The lowest BCUT2D eigenvalue weighted by molar-refractivity contribution is -0.0191. The molecule has 5 nitrogen and oxygen atoms in total. The Morgan fingerprint density at radius 1 is 1.06 bits per heavy atom. The van der Waals surface area contributed by atoms with Crippen LogP contribution >= 0.6 is 11.3 Å². The van der Waals surface area contributed by atoms with Gasteiger partial charge in [0.25, 0.3) is 0 Å². The van der Waals surface area contributed by atoms with Gasteiger partial charge in [0.1, 0.15) is 5.75 Å². The van der Waals surface area contributed by atoms with Crippen LogP contribution in [0.2, 0.25) is 0 Å². The van der Waals surface area contributed by atoms with E-state index in [1.807, 2.05) is 24.3 Å². The summed E-state index contributed by atoms with van der Waals surface area (Å²) in [5, 5.41) is 9.24. The van der Waals surface area contributed by atoms with Crippen LogP contribution < -0.4 is 14.2 Å². The Bertz CT molecular complexity index is 1110. The zero-order chi connectivity index (χ0) is 22.6. The van der Waals surface area contributed by atoms with Crippen molar-refractivity contribution in [3.05, 3.63) is 76.0 Å². The van der Waals surface area contributed by atoms with Gasteiger partial charge < -0.3 is 14.2 Å². The van der Waals surface area contributed by atoms with Gasteiger partial charge in [-0.3, -0.25) is 0 Å². The lowest BCUT2D eigenvalue weighted by Gasteiger charge is -2.38. The fraction of sp³-hybridized carbons (Fsp3) is 0.370. The minimum atomic E-state index is -0.324. The Morgan fingerprint density at radius 2 is 1.97 bits per heavy atom. The van der Waals surface area contributed by atoms with Crippen molar-refractivity contribution in [2.75, 3.05) is 13.7 Å². The number of hydrazone groups is 1. The summed E-state index contributed by atoms with van der Waals surface area (Å²) < 4.78 is 18.2. The number of unbranched alkanes of at least 4 members (excludes halogenated alkanes) is 3. The van der Waals surface area contributed by atoms with E-state index in [2.05, 4.69) is 47.6 Å². The third-order valence-corrected chi connectivity index (χ3v) is 7.15. The largest absolute Gasteiger partial charge is 0.493 e. The molecule has 0 unspecified atom stereocenters. The quantitative estimate of drug-likeness (QED) is 0.323. The van der Waals surface area contributed by atoms with E-state index >= 15 is 0 Å². The van der Waals surface area contributed by atoms with E-state index in [-0.39, 0.29) is 12.3 Å². The van der Waals surface area contributed by atoms with Crippen LogP contribution in [0.25, 0.3) is 0 Å². The molecule has 2 aromatic carbocycles. The number of hydrogen-bond donors (Lipinski definition) is 0. The highest BCUT2D eigenvalue weighted by Gasteiger charge is 2.41. The van der Waals surface area contributed by atoms with Gasteiger partial charge >= 0.3 is 0 Å². The Labute approximate surface area is 199 Å². The van der Waals surface area contributed by atoms with Gasteiger partial charge in [0.2, 0.25) is 6.23 Å². The Morgan fingerprint density at radius 3 is 2.79 bits per heavy atom. The smallest absolute Gasteiger partial charge is 0.214 e. The minimum absolute atomic E-state index is 0.150. The van der Waals surface area contributed by atoms with Crippen LogP contribution in [0.1, 0.15) is 67.3 Å². The summed E-state index contributed by atoms with van der Waals surface area (Å²) in [6.45, 7) is 2.92. The number of nitrogens with zero attached hydrogens (tertiary/aromatic N) is 2. The van der Waals surface area contributed by atoms with Crippen molar-refractivity contribution >= 4 is 17.0 Å². The van der Waals surface area contributed by atoms with Crippen molar-refractivity contribution in [2.24, 2.45) is 5.10 Å². The van der Waals surface area contributed by atoms with Gasteiger partial charge in [0.05, 0.1) is 30.3 Å². The molecule has 2 aliphatic rings. The molecular weight excluding hydrogens is 432 g/mol. The van der Waals surface area contributed by atoms with Gasteiger partial charge in [0, 0.05) is 17.5 Å². The molecule has 5 rings (SSSR count). The Balaban J connectivity index is 1.42. The topological polar surface area (TPSA) is 43.3 Å². The summed E-state index contributed by atoms with van der Waals surface area (Å²) in [5.41, 5.74) is 3.29. The molecule has 0 saturated carbocycles. The summed E-state index contributed by atoms with van der Waals surface area (Å²) in [5.74, 6) is 2.42. The Hall–Kier alpha value is -2.99. The predicted octanol–water partition coefficient (Wildman–Crippen LogP) is 6.96. The van der Waals surface area contributed by atoms with Gasteiger partial charge in [-0.2, -0.15) is 5.10 Å². The van der Waals surface area contributed by atoms with Crippen LogP contribution in [0.5, 0.6) is 17.2 Å². The average Bonchev–Trinajstić information content (AvgIpc) is 3.54. The number of ether oxygens (including phenoxy) is 3. The number of methoxy groups -OCH3 is 1. The molecular formula is C27H30N2O3S. The van der Waals surface area contributed by atoms with Gasteiger partial charge in [-0.15, -0.1) is 11.3 Å². The van der Waals surface area contributed by atoms with E-state index in [0.717, 1.165) is 41.4 Å². The number of benzene rings is 2. The molecule has 172 valence electrons. The molecule has 0 spiro atoms. The molecule has 3 heterocycles. The van der Waals surface area contributed by atoms with Crippen molar-refractivity contribution in [3.8, 4) is 17.2 Å². The summed E-state index contributed by atoms with van der Waals surface area (Å²) >= 11 is 1.73. The van der Waals surface area contributed by atoms with Crippen LogP contribution in [-0.2, 0) is 0 Å². The van der Waals surface area contributed by atoms with E-state index in [1.54, 1.807) is 18.4 Å². The lowest BCUT2D eigenvalue weighted by atomic mass is 9.97. The van der Waals surface area contributed by atoms with Crippen LogP contribution in [0.15, 0.2) is 65.1 Å². The maximum absolute atomic E-state index is 6.49. The van der Waals surface area contributed by atoms with E-state index in [0.29, 0.717) is 6.61 Å². The second kappa shape index (κ2) is 9.87. The van der Waals surface area contributed by atoms with Crippen LogP contribution in [0, 0.1) is 0 Å². The number of rotatable bonds is 9. The zero-order valence-electron chi connectivity index (χ0n) is 19.2. The molecule has 0 bridgehead atoms. The lowest BCUT2D eigenvalue weighted by Crippen LogP contribution is -2.33. The highest BCUT2D eigenvalue weighted by molar-refractivity contribution is 7.12. The fourth-order valence-electron chi connectivity index (χ4n) is 4.51. The molecule has 1 aromatic heterocycles. The molecule has 0 fully saturated rings. The normalized spacial score (nSPS) is 18.8. The number of fused-ring (bicyclic) bond motifs is 3. The van der Waals surface area contributed by atoms with Gasteiger partial charge in [-0.05, 0) is 42.1 Å². The van der Waals surface area contributed by atoms with Gasteiger partial charge in [0.15, 0.2) is 11.5 Å². The first kappa shape index (κ1) is 21.8. The summed E-state index contributed by atoms with van der Waals surface area (Å²) in [4.78, 5) is 1.21. The SMILES string of the molecule is CCCCCCOc1ccc([C@H]2Oc3ccccc3[C@@H]3CC(c4cccs4)=NN23)cc1OC. The highest BCUT2D eigenvalue weighted by Crippen LogP contribution is 2.48. The highest BCUT2D eigenvalue weighted by atomic mass is 32.1. The van der Waals surface area contributed by atoms with E-state index in [9.17, 15) is 0 Å². The van der Waals surface area contributed by atoms with Crippen LogP contribution in [-0.4, -0.2) is 24.4 Å². The number of para-hydroxylation sites is 1. The molecule has 0 saturated heterocycles. The van der Waals surface area contributed by atoms with Crippen molar-refractivity contribution in [1.29, 1.82) is 0 Å². The van der Waals surface area contributed by atoms with Crippen LogP contribution in [0.3, 0.4) is 0 Å². The molecule has 3 aromatic rings. The second-order valence-corrected chi connectivity index (χ2v) is 9.40. The van der Waals surface area contributed by atoms with E-state index < -0.39 is 0 Å². The molecule has 0 aliphatic carbocycles. The number of thiophene rings is 1. The van der Waals surface area contributed by atoms with E-state index in [4.69, 9.17) is 19.3 Å². The summed E-state index contributed by atoms with van der Waals surface area (Å²) in [6, 6.07) is 18.7. The van der Waals surface area contributed by atoms with Gasteiger partial charge in [-0.25, -0.2) is 5.01 Å². The zero-order valence-corrected chi connectivity index (χ0v) is 20.0. The Kier molecular flexibility index (Phi) is 6.53. The maximum Gasteiger partial charge on any atom is 0.214 e. The fourth-order valence-corrected chi connectivity index (χ4v) is 5.23. The predicted molar refractivity (Wildman–Crippen MR) is 132 cm³/mol. The third kappa shape index (κ3) is 4.44. The molecule has 0 radical (unpaired) electrons. The minimum Gasteiger partial charge on any atom is -0.493 e. The number of hydrogen-bond acceptors (Lipinski definition) is 6.